The fourth-order valence-corrected chi connectivity index (χ4v) is 3.72. The number of carbonyl (C=O) groups is 1. The number of benzene rings is 1. The van der Waals surface area contributed by atoms with Gasteiger partial charge in [-0.3, -0.25) is 4.90 Å². The van der Waals surface area contributed by atoms with Crippen LogP contribution in [0.15, 0.2) is 24.3 Å². The molecule has 2 aliphatic heterocycles. The van der Waals surface area contributed by atoms with E-state index in [2.05, 4.69) is 0 Å². The Bertz CT molecular complexity index is 455. The Labute approximate surface area is 110 Å². The van der Waals surface area contributed by atoms with Crippen LogP contribution in [0.2, 0.25) is 0 Å². The number of nitrogens with zero attached hydrogens (tertiary/aromatic N) is 1. The summed E-state index contributed by atoms with van der Waals surface area (Å²) in [5.41, 5.74) is 6.97. The summed E-state index contributed by atoms with van der Waals surface area (Å²) < 4.78 is 5.63. The maximum Gasteiger partial charge on any atom is 0.415 e. The molecule has 2 N–H and O–H groups in total. The van der Waals surface area contributed by atoms with E-state index in [4.69, 9.17) is 10.5 Å². The molecular weight excluding hydrogens is 248 g/mol. The summed E-state index contributed by atoms with van der Waals surface area (Å²) >= 11 is 1.93. The first-order valence-electron chi connectivity index (χ1n) is 6.12. The summed E-state index contributed by atoms with van der Waals surface area (Å²) in [6.45, 7) is 0.663. The first kappa shape index (κ1) is 11.7. The standard InChI is InChI=1S/C13H16N2O2S/c14-10-1-3-11(4-2-10)15-9-13(17-12(15)16)5-7-18-8-6-13/h1-4H,5-9,14H2. The molecule has 1 aromatic rings. The summed E-state index contributed by atoms with van der Waals surface area (Å²) in [5, 5.41) is 0. The first-order chi connectivity index (χ1) is 8.69. The Morgan fingerprint density at radius 2 is 1.89 bits per heavy atom. The lowest BCUT2D eigenvalue weighted by Crippen LogP contribution is -2.38. The van der Waals surface area contributed by atoms with Crippen molar-refractivity contribution >= 4 is 29.2 Å². The van der Waals surface area contributed by atoms with Gasteiger partial charge >= 0.3 is 6.09 Å². The minimum Gasteiger partial charge on any atom is -0.441 e. The average molecular weight is 264 g/mol. The number of nitrogens with two attached hydrogens (primary N) is 1. The number of anilines is 2. The molecule has 0 unspecified atom stereocenters. The zero-order valence-electron chi connectivity index (χ0n) is 10.1. The lowest BCUT2D eigenvalue weighted by Gasteiger charge is -2.30. The van der Waals surface area contributed by atoms with Crippen molar-refractivity contribution in [3.05, 3.63) is 24.3 Å². The number of carbonyl (C=O) groups excluding carboxylic acids is 1. The summed E-state index contributed by atoms with van der Waals surface area (Å²) in [4.78, 5) is 13.7. The van der Waals surface area contributed by atoms with Gasteiger partial charge in [-0.15, -0.1) is 0 Å². The van der Waals surface area contributed by atoms with Crippen LogP contribution in [0.4, 0.5) is 16.2 Å². The molecule has 0 aromatic heterocycles. The van der Waals surface area contributed by atoms with Gasteiger partial charge in [-0.05, 0) is 48.6 Å². The van der Waals surface area contributed by atoms with Gasteiger partial charge in [-0.1, -0.05) is 0 Å². The molecule has 18 heavy (non-hydrogen) atoms. The Morgan fingerprint density at radius 3 is 2.56 bits per heavy atom. The summed E-state index contributed by atoms with van der Waals surface area (Å²) in [7, 11) is 0. The van der Waals surface area contributed by atoms with E-state index >= 15 is 0 Å². The quantitative estimate of drug-likeness (QED) is 0.792. The number of amides is 1. The number of hydrogen-bond donors (Lipinski definition) is 1. The second-order valence-electron chi connectivity index (χ2n) is 4.84. The maximum absolute atomic E-state index is 12.0. The van der Waals surface area contributed by atoms with Crippen molar-refractivity contribution in [2.75, 3.05) is 28.7 Å². The molecular formula is C13H16N2O2S. The van der Waals surface area contributed by atoms with E-state index in [-0.39, 0.29) is 11.7 Å². The predicted octanol–water partition coefficient (Wildman–Crippen LogP) is 2.49. The summed E-state index contributed by atoms with van der Waals surface area (Å²) in [5.74, 6) is 2.14. The van der Waals surface area contributed by atoms with Crippen LogP contribution in [0.1, 0.15) is 12.8 Å². The van der Waals surface area contributed by atoms with E-state index in [1.54, 1.807) is 4.90 Å². The lowest BCUT2D eigenvalue weighted by atomic mass is 9.97. The van der Waals surface area contributed by atoms with Gasteiger partial charge < -0.3 is 10.5 Å². The SMILES string of the molecule is Nc1ccc(N2CC3(CCSCC3)OC2=O)cc1. The van der Waals surface area contributed by atoms with Gasteiger partial charge in [0.25, 0.3) is 0 Å². The third-order valence-electron chi connectivity index (χ3n) is 3.58. The highest BCUT2D eigenvalue weighted by molar-refractivity contribution is 7.99. The normalized spacial score (nSPS) is 22.2. The molecule has 2 saturated heterocycles. The maximum atomic E-state index is 12.0. The highest BCUT2D eigenvalue weighted by Gasteiger charge is 2.46. The third kappa shape index (κ3) is 2.03. The van der Waals surface area contributed by atoms with E-state index in [0.717, 1.165) is 30.0 Å². The largest absolute Gasteiger partial charge is 0.441 e. The molecule has 1 aromatic carbocycles. The molecule has 0 radical (unpaired) electrons. The minimum atomic E-state index is -0.260. The van der Waals surface area contributed by atoms with Crippen molar-refractivity contribution in [3.8, 4) is 0 Å². The smallest absolute Gasteiger partial charge is 0.415 e. The van der Waals surface area contributed by atoms with Crippen molar-refractivity contribution in [1.29, 1.82) is 0 Å². The second kappa shape index (κ2) is 4.39. The molecule has 0 aliphatic carbocycles. The highest BCUT2D eigenvalue weighted by Crippen LogP contribution is 2.37. The lowest BCUT2D eigenvalue weighted by molar-refractivity contribution is 0.0502. The fraction of sp³-hybridized carbons (Fsp3) is 0.462. The van der Waals surface area contributed by atoms with Crippen LogP contribution in [0.5, 0.6) is 0 Å². The van der Waals surface area contributed by atoms with Crippen LogP contribution in [0.25, 0.3) is 0 Å². The van der Waals surface area contributed by atoms with Gasteiger partial charge in [0.15, 0.2) is 0 Å². The van der Waals surface area contributed by atoms with E-state index in [1.807, 2.05) is 36.0 Å². The van der Waals surface area contributed by atoms with E-state index in [1.165, 1.54) is 0 Å². The molecule has 2 fully saturated rings. The highest BCUT2D eigenvalue weighted by atomic mass is 32.2. The van der Waals surface area contributed by atoms with Gasteiger partial charge in [0.1, 0.15) is 5.60 Å². The monoisotopic (exact) mass is 264 g/mol. The molecule has 2 heterocycles. The van der Waals surface area contributed by atoms with Gasteiger partial charge in [0.05, 0.1) is 6.54 Å². The fourth-order valence-electron chi connectivity index (χ4n) is 2.48. The Morgan fingerprint density at radius 1 is 1.22 bits per heavy atom. The Hall–Kier alpha value is -1.36. The zero-order valence-corrected chi connectivity index (χ0v) is 10.9. The van der Waals surface area contributed by atoms with Crippen LogP contribution in [0.3, 0.4) is 0 Å². The number of hydrogen-bond acceptors (Lipinski definition) is 4. The Balaban J connectivity index is 1.82. The second-order valence-corrected chi connectivity index (χ2v) is 6.07. The van der Waals surface area contributed by atoms with Gasteiger partial charge in [0, 0.05) is 11.4 Å². The average Bonchev–Trinajstić information content (AvgIpc) is 2.68. The number of thioether (sulfide) groups is 1. The van der Waals surface area contributed by atoms with Gasteiger partial charge in [-0.2, -0.15) is 11.8 Å². The van der Waals surface area contributed by atoms with Crippen molar-refractivity contribution in [1.82, 2.24) is 0 Å². The van der Waals surface area contributed by atoms with Crippen LogP contribution in [-0.2, 0) is 4.74 Å². The Kier molecular flexibility index (Phi) is 2.86. The van der Waals surface area contributed by atoms with Crippen molar-refractivity contribution < 1.29 is 9.53 Å². The van der Waals surface area contributed by atoms with Crippen LogP contribution in [-0.4, -0.2) is 29.7 Å². The van der Waals surface area contributed by atoms with E-state index in [9.17, 15) is 4.79 Å². The van der Waals surface area contributed by atoms with Crippen molar-refractivity contribution in [3.63, 3.8) is 0 Å². The van der Waals surface area contributed by atoms with Crippen molar-refractivity contribution in [2.24, 2.45) is 0 Å². The molecule has 2 aliphatic rings. The first-order valence-corrected chi connectivity index (χ1v) is 7.28. The van der Waals surface area contributed by atoms with Crippen LogP contribution in [0, 0.1) is 0 Å². The molecule has 0 atom stereocenters. The molecule has 1 amide bonds. The van der Waals surface area contributed by atoms with E-state index in [0.29, 0.717) is 12.2 Å². The third-order valence-corrected chi connectivity index (χ3v) is 4.56. The molecule has 4 nitrogen and oxygen atoms in total. The number of ether oxygens (including phenoxy) is 1. The molecule has 0 saturated carbocycles. The van der Waals surface area contributed by atoms with Crippen LogP contribution >= 0.6 is 11.8 Å². The predicted molar refractivity (Wildman–Crippen MR) is 74.0 cm³/mol. The van der Waals surface area contributed by atoms with Crippen LogP contribution < -0.4 is 10.6 Å². The molecule has 96 valence electrons. The molecule has 3 rings (SSSR count). The van der Waals surface area contributed by atoms with Gasteiger partial charge in [-0.25, -0.2) is 4.79 Å². The zero-order chi connectivity index (χ0) is 12.6. The molecule has 0 bridgehead atoms. The minimum absolute atomic E-state index is 0.230. The van der Waals surface area contributed by atoms with Gasteiger partial charge in [0.2, 0.25) is 0 Å². The summed E-state index contributed by atoms with van der Waals surface area (Å²) in [6.07, 6.45) is 1.68. The summed E-state index contributed by atoms with van der Waals surface area (Å²) in [6, 6.07) is 7.36. The number of nitrogen functional groups attached to an aromatic ring is 1. The molecule has 5 heteroatoms. The van der Waals surface area contributed by atoms with E-state index < -0.39 is 0 Å². The topological polar surface area (TPSA) is 55.6 Å². The number of rotatable bonds is 1. The van der Waals surface area contributed by atoms with Crippen molar-refractivity contribution in [2.45, 2.75) is 18.4 Å². The molecule has 1 spiro atoms.